The highest BCUT2D eigenvalue weighted by atomic mass is 19.4. The van der Waals surface area contributed by atoms with Gasteiger partial charge >= 0.3 is 6.18 Å². The first kappa shape index (κ1) is 6.50. The van der Waals surface area contributed by atoms with Crippen LogP contribution < -0.4 is 0 Å². The molecule has 2 fully saturated rings. The van der Waals surface area contributed by atoms with Crippen molar-refractivity contribution >= 4 is 0 Å². The standard InChI is InChI=1S/C7H9F3/c8-7(9,10)6-3-1-5(6)2-4-6/h5H,1-4H2. The molecule has 0 aromatic rings. The van der Waals surface area contributed by atoms with E-state index in [1.165, 1.54) is 0 Å². The Morgan fingerprint density at radius 1 is 1.10 bits per heavy atom. The van der Waals surface area contributed by atoms with Crippen molar-refractivity contribution in [1.82, 2.24) is 0 Å². The van der Waals surface area contributed by atoms with E-state index >= 15 is 0 Å². The van der Waals surface area contributed by atoms with E-state index in [4.69, 9.17) is 0 Å². The SMILES string of the molecule is FC(F)(F)C12CCC1CC2. The second-order valence-electron chi connectivity index (χ2n) is 3.43. The molecule has 0 heterocycles. The van der Waals surface area contributed by atoms with E-state index in [9.17, 15) is 13.2 Å². The first-order chi connectivity index (χ1) is 4.56. The molecule has 0 saturated heterocycles. The van der Waals surface area contributed by atoms with Gasteiger partial charge in [0, 0.05) is 0 Å². The predicted molar refractivity (Wildman–Crippen MR) is 30.4 cm³/mol. The van der Waals surface area contributed by atoms with Crippen molar-refractivity contribution in [3.63, 3.8) is 0 Å². The van der Waals surface area contributed by atoms with Gasteiger partial charge in [-0.1, -0.05) is 0 Å². The van der Waals surface area contributed by atoms with Crippen molar-refractivity contribution in [3.05, 3.63) is 0 Å². The van der Waals surface area contributed by atoms with Crippen LogP contribution in [0.1, 0.15) is 25.7 Å². The van der Waals surface area contributed by atoms with Gasteiger partial charge in [-0.25, -0.2) is 0 Å². The fraction of sp³-hybridized carbons (Fsp3) is 1.00. The Kier molecular flexibility index (Phi) is 0.982. The lowest BCUT2D eigenvalue weighted by Crippen LogP contribution is -2.58. The maximum atomic E-state index is 12.2. The predicted octanol–water partition coefficient (Wildman–Crippen LogP) is 2.74. The Morgan fingerprint density at radius 3 is 1.60 bits per heavy atom. The van der Waals surface area contributed by atoms with E-state index in [0.717, 1.165) is 12.8 Å². The lowest BCUT2D eigenvalue weighted by molar-refractivity contribution is -0.311. The fourth-order valence-corrected chi connectivity index (χ4v) is 2.18. The van der Waals surface area contributed by atoms with Crippen molar-refractivity contribution < 1.29 is 13.2 Å². The van der Waals surface area contributed by atoms with E-state index in [1.54, 1.807) is 0 Å². The lowest BCUT2D eigenvalue weighted by atomic mass is 9.47. The first-order valence-corrected chi connectivity index (χ1v) is 3.63. The van der Waals surface area contributed by atoms with Crippen molar-refractivity contribution in [2.45, 2.75) is 31.9 Å². The molecule has 0 nitrogen and oxygen atoms in total. The smallest absolute Gasteiger partial charge is 0.170 e. The molecular formula is C7H9F3. The molecule has 0 aromatic carbocycles. The highest BCUT2D eigenvalue weighted by molar-refractivity contribution is 5.07. The number of halogens is 3. The quantitative estimate of drug-likeness (QED) is 0.498. The lowest BCUT2D eigenvalue weighted by Gasteiger charge is -2.58. The average Bonchev–Trinajstić information content (AvgIpc) is 1.74. The second-order valence-corrected chi connectivity index (χ2v) is 3.43. The number of fused-ring (bicyclic) bond motifs is 1. The molecule has 0 aliphatic heterocycles. The van der Waals surface area contributed by atoms with Crippen LogP contribution in [0, 0.1) is 11.3 Å². The van der Waals surface area contributed by atoms with E-state index < -0.39 is 11.6 Å². The number of hydrogen-bond donors (Lipinski definition) is 0. The minimum absolute atomic E-state index is 0.00694. The van der Waals surface area contributed by atoms with Gasteiger partial charge in [-0.2, -0.15) is 13.2 Å². The molecule has 0 atom stereocenters. The maximum Gasteiger partial charge on any atom is 0.394 e. The van der Waals surface area contributed by atoms with E-state index in [2.05, 4.69) is 0 Å². The molecular weight excluding hydrogens is 141 g/mol. The summed E-state index contributed by atoms with van der Waals surface area (Å²) in [7, 11) is 0. The molecule has 0 aromatic heterocycles. The van der Waals surface area contributed by atoms with E-state index in [1.807, 2.05) is 0 Å². The van der Waals surface area contributed by atoms with Crippen LogP contribution in [0.3, 0.4) is 0 Å². The largest absolute Gasteiger partial charge is 0.394 e. The van der Waals surface area contributed by atoms with Crippen LogP contribution in [0.4, 0.5) is 13.2 Å². The van der Waals surface area contributed by atoms with Gasteiger partial charge < -0.3 is 0 Å². The van der Waals surface area contributed by atoms with Gasteiger partial charge in [0.25, 0.3) is 0 Å². The van der Waals surface area contributed by atoms with Gasteiger partial charge in [0.2, 0.25) is 0 Å². The van der Waals surface area contributed by atoms with Crippen LogP contribution in [0.2, 0.25) is 0 Å². The summed E-state index contributed by atoms with van der Waals surface area (Å²) in [5.41, 5.74) is -1.20. The summed E-state index contributed by atoms with van der Waals surface area (Å²) in [4.78, 5) is 0. The summed E-state index contributed by atoms with van der Waals surface area (Å²) in [6.07, 6.45) is -1.52. The van der Waals surface area contributed by atoms with E-state index in [0.29, 0.717) is 12.8 Å². The highest BCUT2D eigenvalue weighted by Gasteiger charge is 2.68. The molecule has 0 spiro atoms. The third-order valence-corrected chi connectivity index (χ3v) is 3.22. The Balaban J connectivity index is 2.16. The Bertz CT molecular complexity index is 151. The van der Waals surface area contributed by atoms with Gasteiger partial charge in [-0.3, -0.25) is 0 Å². The minimum atomic E-state index is -3.91. The maximum absolute atomic E-state index is 12.2. The van der Waals surface area contributed by atoms with Crippen LogP contribution in [0.5, 0.6) is 0 Å². The van der Waals surface area contributed by atoms with Crippen LogP contribution in [0.25, 0.3) is 0 Å². The third-order valence-electron chi connectivity index (χ3n) is 3.22. The normalized spacial score (nSPS) is 45.3. The summed E-state index contributed by atoms with van der Waals surface area (Å²) in [6.45, 7) is 0. The molecule has 58 valence electrons. The summed E-state index contributed by atoms with van der Waals surface area (Å²) < 4.78 is 36.6. The van der Waals surface area contributed by atoms with Crippen molar-refractivity contribution in [2.24, 2.45) is 11.3 Å². The minimum Gasteiger partial charge on any atom is -0.170 e. The van der Waals surface area contributed by atoms with Gasteiger partial charge in [-0.05, 0) is 31.6 Å². The number of hydrogen-bond acceptors (Lipinski definition) is 0. The molecule has 0 N–H and O–H groups in total. The zero-order chi connectivity index (χ0) is 7.41. The van der Waals surface area contributed by atoms with E-state index in [-0.39, 0.29) is 5.92 Å². The molecule has 2 aliphatic carbocycles. The number of alkyl halides is 3. The number of rotatable bonds is 0. The molecule has 0 bridgehead atoms. The van der Waals surface area contributed by atoms with Crippen molar-refractivity contribution in [1.29, 1.82) is 0 Å². The molecule has 2 aliphatic rings. The second kappa shape index (κ2) is 1.51. The molecule has 10 heavy (non-hydrogen) atoms. The third kappa shape index (κ3) is 0.500. The summed E-state index contributed by atoms with van der Waals surface area (Å²) in [5.74, 6) is -0.00694. The molecule has 2 saturated carbocycles. The Labute approximate surface area is 57.4 Å². The fourth-order valence-electron chi connectivity index (χ4n) is 2.18. The monoisotopic (exact) mass is 150 g/mol. The molecule has 2 rings (SSSR count). The van der Waals surface area contributed by atoms with Gasteiger partial charge in [0.1, 0.15) is 0 Å². The van der Waals surface area contributed by atoms with Crippen molar-refractivity contribution in [3.8, 4) is 0 Å². The average molecular weight is 150 g/mol. The summed E-state index contributed by atoms with van der Waals surface area (Å²) in [6, 6.07) is 0. The van der Waals surface area contributed by atoms with Crippen LogP contribution >= 0.6 is 0 Å². The van der Waals surface area contributed by atoms with Crippen LogP contribution in [-0.4, -0.2) is 6.18 Å². The Hall–Kier alpha value is -0.210. The van der Waals surface area contributed by atoms with Crippen LogP contribution in [-0.2, 0) is 0 Å². The Morgan fingerprint density at radius 2 is 1.60 bits per heavy atom. The summed E-state index contributed by atoms with van der Waals surface area (Å²) in [5, 5.41) is 0. The first-order valence-electron chi connectivity index (χ1n) is 3.63. The highest BCUT2D eigenvalue weighted by Crippen LogP contribution is 2.68. The zero-order valence-corrected chi connectivity index (χ0v) is 5.54. The molecule has 0 radical (unpaired) electrons. The topological polar surface area (TPSA) is 0 Å². The molecule has 3 heteroatoms. The van der Waals surface area contributed by atoms with Crippen LogP contribution in [0.15, 0.2) is 0 Å². The molecule has 0 unspecified atom stereocenters. The summed E-state index contributed by atoms with van der Waals surface area (Å²) >= 11 is 0. The van der Waals surface area contributed by atoms with Gasteiger partial charge in [0.05, 0.1) is 5.41 Å². The molecule has 0 amide bonds. The van der Waals surface area contributed by atoms with Gasteiger partial charge in [-0.15, -0.1) is 0 Å². The zero-order valence-electron chi connectivity index (χ0n) is 5.54. The van der Waals surface area contributed by atoms with Gasteiger partial charge in [0.15, 0.2) is 0 Å². The van der Waals surface area contributed by atoms with Crippen molar-refractivity contribution in [2.75, 3.05) is 0 Å².